The van der Waals surface area contributed by atoms with Gasteiger partial charge in [-0.05, 0) is 42.5 Å². The minimum atomic E-state index is -1.04. The van der Waals surface area contributed by atoms with E-state index in [1.54, 1.807) is 43.5 Å². The molecule has 0 unspecified atom stereocenters. The summed E-state index contributed by atoms with van der Waals surface area (Å²) < 4.78 is 5.31. The van der Waals surface area contributed by atoms with E-state index in [4.69, 9.17) is 16.3 Å². The van der Waals surface area contributed by atoms with Crippen LogP contribution < -0.4 is 4.74 Å². The largest absolute Gasteiger partial charge is 0.495 e. The topological polar surface area (TPSA) is 66.8 Å². The first-order valence-electron chi connectivity index (χ1n) is 10.2. The molecule has 1 heterocycles. The summed E-state index contributed by atoms with van der Waals surface area (Å²) in [6.45, 7) is 0. The molecule has 0 aliphatic carbocycles. The number of ether oxygens (including phenoxy) is 1. The maximum Gasteiger partial charge on any atom is 0.327 e. The van der Waals surface area contributed by atoms with Gasteiger partial charge in [0, 0.05) is 27.5 Å². The SMILES string of the molecule is COc1ccccc1C#Cc1ccc(C(=O)N2[C@@H](c3ccccc3Cl)SC[C@H]2C(=O)O)cc1. The lowest BCUT2D eigenvalue weighted by Crippen LogP contribution is -2.43. The summed E-state index contributed by atoms with van der Waals surface area (Å²) in [5, 5.41) is 9.74. The van der Waals surface area contributed by atoms with E-state index in [-0.39, 0.29) is 5.91 Å². The van der Waals surface area contributed by atoms with Gasteiger partial charge in [-0.25, -0.2) is 4.79 Å². The molecule has 1 aliphatic rings. The zero-order valence-corrected chi connectivity index (χ0v) is 19.3. The Balaban J connectivity index is 1.60. The molecule has 5 nitrogen and oxygen atoms in total. The third kappa shape index (κ3) is 4.85. The van der Waals surface area contributed by atoms with Crippen LogP contribution in [0.2, 0.25) is 5.02 Å². The number of carbonyl (C=O) groups is 2. The quantitative estimate of drug-likeness (QED) is 0.530. The summed E-state index contributed by atoms with van der Waals surface area (Å²) in [4.78, 5) is 26.7. The van der Waals surface area contributed by atoms with Crippen molar-refractivity contribution in [2.75, 3.05) is 12.9 Å². The molecule has 1 N–H and O–H groups in total. The number of carbonyl (C=O) groups excluding carboxylic acids is 1. The number of hydrogen-bond donors (Lipinski definition) is 1. The highest BCUT2D eigenvalue weighted by Gasteiger charge is 2.43. The van der Waals surface area contributed by atoms with Gasteiger partial charge in [0.25, 0.3) is 5.91 Å². The van der Waals surface area contributed by atoms with Crippen LogP contribution in [0, 0.1) is 11.8 Å². The lowest BCUT2D eigenvalue weighted by Gasteiger charge is -2.28. The van der Waals surface area contributed by atoms with Crippen molar-refractivity contribution in [1.82, 2.24) is 4.90 Å². The minimum Gasteiger partial charge on any atom is -0.495 e. The molecule has 0 saturated carbocycles. The summed E-state index contributed by atoms with van der Waals surface area (Å²) in [6, 6.07) is 20.6. The number of nitrogens with zero attached hydrogens (tertiary/aromatic N) is 1. The molecule has 2 atom stereocenters. The van der Waals surface area contributed by atoms with E-state index in [1.165, 1.54) is 16.7 Å². The number of methoxy groups -OCH3 is 1. The van der Waals surface area contributed by atoms with Gasteiger partial charge in [-0.1, -0.05) is 53.8 Å². The van der Waals surface area contributed by atoms with Gasteiger partial charge in [-0.3, -0.25) is 4.79 Å². The van der Waals surface area contributed by atoms with E-state index in [9.17, 15) is 14.7 Å². The van der Waals surface area contributed by atoms with Crippen LogP contribution in [0.25, 0.3) is 0 Å². The van der Waals surface area contributed by atoms with Crippen molar-refractivity contribution in [2.45, 2.75) is 11.4 Å². The zero-order valence-electron chi connectivity index (χ0n) is 17.7. The molecule has 1 amide bonds. The van der Waals surface area contributed by atoms with E-state index in [1.807, 2.05) is 36.4 Å². The van der Waals surface area contributed by atoms with Gasteiger partial charge in [0.1, 0.15) is 17.2 Å². The van der Waals surface area contributed by atoms with Gasteiger partial charge in [0.2, 0.25) is 0 Å². The van der Waals surface area contributed by atoms with Crippen molar-refractivity contribution in [3.8, 4) is 17.6 Å². The van der Waals surface area contributed by atoms with Crippen molar-refractivity contribution in [3.05, 3.63) is 100 Å². The van der Waals surface area contributed by atoms with Crippen LogP contribution in [0.4, 0.5) is 0 Å². The third-order valence-corrected chi connectivity index (χ3v) is 6.92. The summed E-state index contributed by atoms with van der Waals surface area (Å²) >= 11 is 7.75. The zero-order chi connectivity index (χ0) is 23.4. The Morgan fingerprint density at radius 3 is 2.42 bits per heavy atom. The van der Waals surface area contributed by atoms with E-state index < -0.39 is 17.4 Å². The van der Waals surface area contributed by atoms with Gasteiger partial charge in [-0.2, -0.15) is 0 Å². The molecule has 166 valence electrons. The van der Waals surface area contributed by atoms with Gasteiger partial charge in [0.05, 0.1) is 12.7 Å². The lowest BCUT2D eigenvalue weighted by molar-refractivity contribution is -0.141. The number of para-hydroxylation sites is 1. The fourth-order valence-electron chi connectivity index (χ4n) is 3.59. The fourth-order valence-corrected chi connectivity index (χ4v) is 5.35. The summed E-state index contributed by atoms with van der Waals surface area (Å²) in [5.74, 6) is 5.73. The van der Waals surface area contributed by atoms with Crippen LogP contribution in [0.15, 0.2) is 72.8 Å². The predicted molar refractivity (Wildman–Crippen MR) is 130 cm³/mol. The van der Waals surface area contributed by atoms with Crippen molar-refractivity contribution < 1.29 is 19.4 Å². The Morgan fingerprint density at radius 2 is 1.73 bits per heavy atom. The average Bonchev–Trinajstić information content (AvgIpc) is 3.28. The molecule has 7 heteroatoms. The number of aliphatic carboxylic acids is 1. The maximum absolute atomic E-state index is 13.4. The highest BCUT2D eigenvalue weighted by molar-refractivity contribution is 7.99. The Kier molecular flexibility index (Phi) is 6.93. The number of amides is 1. The van der Waals surface area contributed by atoms with Gasteiger partial charge >= 0.3 is 5.97 Å². The molecule has 33 heavy (non-hydrogen) atoms. The fraction of sp³-hybridized carbons (Fsp3) is 0.154. The van der Waals surface area contributed by atoms with Crippen LogP contribution in [0.5, 0.6) is 5.75 Å². The monoisotopic (exact) mass is 477 g/mol. The number of carboxylic acids is 1. The molecule has 3 aromatic rings. The predicted octanol–water partition coefficient (Wildman–Crippen LogP) is 5.09. The smallest absolute Gasteiger partial charge is 0.327 e. The second kappa shape index (κ2) is 10.0. The Bertz CT molecular complexity index is 1250. The minimum absolute atomic E-state index is 0.291. The number of thioether (sulfide) groups is 1. The van der Waals surface area contributed by atoms with Gasteiger partial charge in [-0.15, -0.1) is 11.8 Å². The van der Waals surface area contributed by atoms with Crippen LogP contribution in [0.3, 0.4) is 0 Å². The summed E-state index contributed by atoms with van der Waals surface area (Å²) in [5.41, 5.74) is 2.61. The number of hydrogen-bond acceptors (Lipinski definition) is 4. The maximum atomic E-state index is 13.4. The van der Waals surface area contributed by atoms with E-state index in [0.717, 1.165) is 16.7 Å². The number of benzene rings is 3. The number of halogens is 1. The Morgan fingerprint density at radius 1 is 1.03 bits per heavy atom. The first-order valence-corrected chi connectivity index (χ1v) is 11.6. The van der Waals surface area contributed by atoms with Crippen LogP contribution in [-0.4, -0.2) is 40.8 Å². The van der Waals surface area contributed by atoms with Crippen molar-refractivity contribution in [2.24, 2.45) is 0 Å². The number of rotatable bonds is 4. The third-order valence-electron chi connectivity index (χ3n) is 5.27. The molecule has 1 fully saturated rings. The Labute approximate surface area is 201 Å². The molecule has 1 saturated heterocycles. The highest BCUT2D eigenvalue weighted by Crippen LogP contribution is 2.44. The first-order chi connectivity index (χ1) is 16.0. The van der Waals surface area contributed by atoms with E-state index in [0.29, 0.717) is 22.1 Å². The van der Waals surface area contributed by atoms with E-state index in [2.05, 4.69) is 11.8 Å². The molecule has 0 radical (unpaired) electrons. The molecule has 0 spiro atoms. The molecule has 3 aromatic carbocycles. The van der Waals surface area contributed by atoms with Gasteiger partial charge < -0.3 is 14.7 Å². The second-order valence-electron chi connectivity index (χ2n) is 7.30. The normalized spacial score (nSPS) is 17.2. The van der Waals surface area contributed by atoms with E-state index >= 15 is 0 Å². The molecule has 0 aromatic heterocycles. The van der Waals surface area contributed by atoms with Gasteiger partial charge in [0.15, 0.2) is 0 Å². The average molecular weight is 478 g/mol. The lowest BCUT2D eigenvalue weighted by atomic mass is 10.1. The molecular weight excluding hydrogens is 458 g/mol. The summed E-state index contributed by atoms with van der Waals surface area (Å²) in [7, 11) is 1.60. The molecular formula is C26H20ClNO4S. The summed E-state index contributed by atoms with van der Waals surface area (Å²) in [6.07, 6.45) is 0. The van der Waals surface area contributed by atoms with Crippen LogP contribution in [-0.2, 0) is 4.79 Å². The second-order valence-corrected chi connectivity index (χ2v) is 8.82. The van der Waals surface area contributed by atoms with Crippen molar-refractivity contribution in [1.29, 1.82) is 0 Å². The number of carboxylic acid groups (broad SMARTS) is 1. The molecule has 0 bridgehead atoms. The Hall–Kier alpha value is -3.40. The molecule has 1 aliphatic heterocycles. The van der Waals surface area contributed by atoms with Crippen molar-refractivity contribution in [3.63, 3.8) is 0 Å². The van der Waals surface area contributed by atoms with Crippen molar-refractivity contribution >= 4 is 35.2 Å². The van der Waals surface area contributed by atoms with Crippen LogP contribution >= 0.6 is 23.4 Å². The highest BCUT2D eigenvalue weighted by atomic mass is 35.5. The standard InChI is InChI=1S/C26H20ClNO4S/c1-32-23-9-5-2-6-18(23)13-10-17-11-14-19(15-12-17)24(29)28-22(26(30)31)16-33-25(28)20-7-3-4-8-21(20)27/h2-9,11-12,14-15,22,25H,16H2,1H3,(H,30,31)/t22-,25+/m0/s1. The first kappa shape index (κ1) is 22.8. The van der Waals surface area contributed by atoms with Crippen LogP contribution in [0.1, 0.15) is 32.4 Å². The molecule has 4 rings (SSSR count).